The fourth-order valence-corrected chi connectivity index (χ4v) is 3.94. The van der Waals surface area contributed by atoms with Gasteiger partial charge in [0.2, 0.25) is 0 Å². The van der Waals surface area contributed by atoms with Gasteiger partial charge in [-0.05, 0) is 6.42 Å². The predicted molar refractivity (Wildman–Crippen MR) is 92.7 cm³/mol. The van der Waals surface area contributed by atoms with Crippen LogP contribution >= 0.6 is 11.8 Å². The Bertz CT molecular complexity index is 561. The first-order valence-electron chi connectivity index (χ1n) is 7.91. The maximum Gasteiger partial charge on any atom is 0.410 e. The highest BCUT2D eigenvalue weighted by Gasteiger charge is 2.39. The van der Waals surface area contributed by atoms with E-state index in [1.54, 1.807) is 4.90 Å². The largest absolute Gasteiger partial charge is 0.449 e. The number of unbranched alkanes of at least 4 members (excludes halogenated alkanes) is 2. The highest BCUT2D eigenvalue weighted by Crippen LogP contribution is 2.42. The third kappa shape index (κ3) is 4.25. The first-order chi connectivity index (χ1) is 11.4. The molecule has 0 aromatic heterocycles. The van der Waals surface area contributed by atoms with Crippen LogP contribution in [0.4, 0.5) is 9.59 Å². The van der Waals surface area contributed by atoms with Gasteiger partial charge >= 0.3 is 12.1 Å². The minimum Gasteiger partial charge on any atom is -0.449 e. The van der Waals surface area contributed by atoms with E-state index >= 15 is 0 Å². The fraction of sp³-hybridized carbons (Fsp3) is 0.643. The van der Waals surface area contributed by atoms with Crippen molar-refractivity contribution >= 4 is 29.8 Å². The molecule has 3 amide bonds. The number of thioether (sulfide) groups is 1. The van der Waals surface area contributed by atoms with E-state index in [9.17, 15) is 9.59 Å². The molecule has 10 heteroatoms. The number of urea groups is 1. The Kier molecular flexibility index (Phi) is 6.18. The van der Waals surface area contributed by atoms with Crippen molar-refractivity contribution < 1.29 is 14.3 Å². The van der Waals surface area contributed by atoms with Gasteiger partial charge in [0.15, 0.2) is 11.5 Å². The Morgan fingerprint density at radius 2 is 2.08 bits per heavy atom. The number of amides is 3. The summed E-state index contributed by atoms with van der Waals surface area (Å²) >= 11 is 1.32. The summed E-state index contributed by atoms with van der Waals surface area (Å²) < 4.78 is 5.28. The first kappa shape index (κ1) is 18.2. The van der Waals surface area contributed by atoms with Gasteiger partial charge < -0.3 is 26.8 Å². The molecule has 9 nitrogen and oxygen atoms in total. The zero-order valence-corrected chi connectivity index (χ0v) is 14.6. The first-order valence-corrected chi connectivity index (χ1v) is 8.79. The van der Waals surface area contributed by atoms with Crippen molar-refractivity contribution in [1.82, 2.24) is 9.80 Å². The third-order valence-corrected chi connectivity index (χ3v) is 4.94. The van der Waals surface area contributed by atoms with E-state index in [4.69, 9.17) is 21.9 Å². The summed E-state index contributed by atoms with van der Waals surface area (Å²) in [6, 6.07) is -0.613. The topological polar surface area (TPSA) is 140 Å². The maximum absolute atomic E-state index is 12.1. The number of hydrogen-bond acceptors (Lipinski definition) is 5. The molecule has 1 atom stereocenters. The molecule has 2 aliphatic rings. The maximum atomic E-state index is 12.1. The summed E-state index contributed by atoms with van der Waals surface area (Å²) in [7, 11) is 0. The summed E-state index contributed by atoms with van der Waals surface area (Å²) in [6.07, 6.45) is 3.14. The van der Waals surface area contributed by atoms with Crippen LogP contribution < -0.4 is 17.2 Å². The van der Waals surface area contributed by atoms with Crippen molar-refractivity contribution in [2.24, 2.45) is 22.2 Å². The van der Waals surface area contributed by atoms with Crippen LogP contribution in [-0.4, -0.2) is 53.1 Å². The van der Waals surface area contributed by atoms with Crippen LogP contribution in [0.3, 0.4) is 0 Å². The van der Waals surface area contributed by atoms with Crippen LogP contribution in [0, 0.1) is 0 Å². The Labute approximate surface area is 145 Å². The molecule has 0 saturated carbocycles. The molecule has 6 N–H and O–H groups in total. The SMILES string of the molecule is CCCCCOC(=O)N1CCC2=C(C1)SC(N=C(N)N)N2C(N)=O. The molecule has 0 fully saturated rings. The molecule has 2 aliphatic heterocycles. The van der Waals surface area contributed by atoms with Gasteiger partial charge in [-0.25, -0.2) is 14.6 Å². The Morgan fingerprint density at radius 1 is 1.33 bits per heavy atom. The van der Waals surface area contributed by atoms with Crippen LogP contribution in [0.5, 0.6) is 0 Å². The Balaban J connectivity index is 2.00. The fourth-order valence-electron chi connectivity index (χ4n) is 2.61. The van der Waals surface area contributed by atoms with Gasteiger partial charge in [-0.1, -0.05) is 31.5 Å². The van der Waals surface area contributed by atoms with Gasteiger partial charge in [0.05, 0.1) is 13.2 Å². The lowest BCUT2D eigenvalue weighted by Crippen LogP contribution is -2.42. The molecule has 0 saturated heterocycles. The minimum atomic E-state index is -0.613. The van der Waals surface area contributed by atoms with E-state index in [1.165, 1.54) is 16.7 Å². The van der Waals surface area contributed by atoms with Gasteiger partial charge in [0, 0.05) is 23.6 Å². The summed E-state index contributed by atoms with van der Waals surface area (Å²) in [5.74, 6) is -0.120. The van der Waals surface area contributed by atoms with Crippen LogP contribution in [-0.2, 0) is 4.74 Å². The van der Waals surface area contributed by atoms with E-state index in [-0.39, 0.29) is 12.1 Å². The van der Waals surface area contributed by atoms with Crippen LogP contribution in [0.2, 0.25) is 0 Å². The smallest absolute Gasteiger partial charge is 0.410 e. The van der Waals surface area contributed by atoms with Crippen molar-refractivity contribution in [1.29, 1.82) is 0 Å². The van der Waals surface area contributed by atoms with Crippen LogP contribution in [0.15, 0.2) is 15.6 Å². The average Bonchev–Trinajstić information content (AvgIpc) is 2.87. The van der Waals surface area contributed by atoms with Gasteiger partial charge in [-0.2, -0.15) is 0 Å². The Hall–Kier alpha value is -2.10. The van der Waals surface area contributed by atoms with E-state index < -0.39 is 11.5 Å². The Morgan fingerprint density at radius 3 is 2.71 bits per heavy atom. The molecule has 24 heavy (non-hydrogen) atoms. The summed E-state index contributed by atoms with van der Waals surface area (Å²) in [4.78, 5) is 31.7. The number of aliphatic imine (C=N–C) groups is 1. The summed E-state index contributed by atoms with van der Waals surface area (Å²) in [5.41, 5.74) is 16.4. The number of nitrogens with zero attached hydrogens (tertiary/aromatic N) is 3. The number of rotatable bonds is 5. The zero-order valence-electron chi connectivity index (χ0n) is 13.7. The van der Waals surface area contributed by atoms with Gasteiger partial charge in [0.25, 0.3) is 0 Å². The van der Waals surface area contributed by atoms with Crippen molar-refractivity contribution in [3.05, 3.63) is 10.6 Å². The second-order valence-electron chi connectivity index (χ2n) is 5.57. The molecule has 0 spiro atoms. The molecular weight excluding hydrogens is 332 g/mol. The van der Waals surface area contributed by atoms with Crippen molar-refractivity contribution in [3.8, 4) is 0 Å². The van der Waals surface area contributed by atoms with Crippen molar-refractivity contribution in [3.63, 3.8) is 0 Å². The van der Waals surface area contributed by atoms with E-state index in [0.29, 0.717) is 26.1 Å². The quantitative estimate of drug-likeness (QED) is 0.380. The lowest BCUT2D eigenvalue weighted by molar-refractivity contribution is 0.102. The third-order valence-electron chi connectivity index (χ3n) is 3.76. The average molecular weight is 356 g/mol. The molecule has 2 rings (SSSR count). The van der Waals surface area contributed by atoms with E-state index in [1.807, 2.05) is 0 Å². The lowest BCUT2D eigenvalue weighted by atomic mass is 10.2. The van der Waals surface area contributed by atoms with Crippen molar-refractivity contribution in [2.75, 3.05) is 19.7 Å². The van der Waals surface area contributed by atoms with Crippen LogP contribution in [0.25, 0.3) is 0 Å². The van der Waals surface area contributed by atoms with Gasteiger partial charge in [0.1, 0.15) is 0 Å². The number of primary amides is 1. The van der Waals surface area contributed by atoms with E-state index in [2.05, 4.69) is 11.9 Å². The second kappa shape index (κ2) is 8.13. The number of ether oxygens (including phenoxy) is 1. The van der Waals surface area contributed by atoms with Crippen molar-refractivity contribution in [2.45, 2.75) is 38.1 Å². The zero-order chi connectivity index (χ0) is 17.7. The van der Waals surface area contributed by atoms with Crippen LogP contribution in [0.1, 0.15) is 32.6 Å². The molecule has 134 valence electrons. The molecule has 1 unspecified atom stereocenters. The molecule has 0 bridgehead atoms. The monoisotopic (exact) mass is 356 g/mol. The second-order valence-corrected chi connectivity index (χ2v) is 6.72. The molecule has 0 aromatic carbocycles. The molecular formula is C14H24N6O3S. The summed E-state index contributed by atoms with van der Waals surface area (Å²) in [5, 5.41) is 0. The lowest BCUT2D eigenvalue weighted by Gasteiger charge is -2.29. The molecule has 0 radical (unpaired) electrons. The molecule has 2 heterocycles. The highest BCUT2D eigenvalue weighted by molar-refractivity contribution is 8.03. The number of carbonyl (C=O) groups excluding carboxylic acids is 2. The molecule has 0 aromatic rings. The minimum absolute atomic E-state index is 0.120. The normalized spacial score (nSPS) is 20.0. The number of guanidine groups is 1. The highest BCUT2D eigenvalue weighted by atomic mass is 32.2. The standard InChI is InChI=1S/C14H24N6O3S/c1-2-3-4-7-23-14(22)19-6-5-9-10(8-19)24-13(18-11(15)16)20(9)12(17)21/h13H,2-8H2,1H3,(H2,17,21)(H4,15,16,18). The van der Waals surface area contributed by atoms with E-state index in [0.717, 1.165) is 29.9 Å². The predicted octanol–water partition coefficient (Wildman–Crippen LogP) is 0.915. The number of nitrogens with two attached hydrogens (primary N) is 3. The van der Waals surface area contributed by atoms with Gasteiger partial charge in [-0.15, -0.1) is 0 Å². The van der Waals surface area contributed by atoms with Gasteiger partial charge in [-0.3, -0.25) is 4.90 Å². The molecule has 0 aliphatic carbocycles. The number of hydrogen-bond donors (Lipinski definition) is 3. The summed E-state index contributed by atoms with van der Waals surface area (Å²) in [6.45, 7) is 3.35. The number of carbonyl (C=O) groups is 2.